The van der Waals surface area contributed by atoms with Gasteiger partial charge in [0, 0.05) is 20.0 Å². The van der Waals surface area contributed by atoms with Crippen LogP contribution in [-0.2, 0) is 4.79 Å². The number of likely N-dealkylation sites (tertiary alicyclic amines) is 2. The molecule has 2 saturated heterocycles. The van der Waals surface area contributed by atoms with E-state index < -0.39 is 6.23 Å². The van der Waals surface area contributed by atoms with Gasteiger partial charge in [0.05, 0.1) is 5.54 Å². The van der Waals surface area contributed by atoms with Gasteiger partial charge in [-0.25, -0.2) is 0 Å². The highest BCUT2D eigenvalue weighted by Crippen LogP contribution is 2.33. The molecule has 1 atom stereocenters. The molecule has 0 aliphatic carbocycles. The second kappa shape index (κ2) is 5.55. The number of piperidine rings is 2. The summed E-state index contributed by atoms with van der Waals surface area (Å²) in [5, 5.41) is 10.0. The summed E-state index contributed by atoms with van der Waals surface area (Å²) in [6.07, 6.45) is 4.39. The van der Waals surface area contributed by atoms with Crippen LogP contribution in [0.25, 0.3) is 0 Å². The lowest BCUT2D eigenvalue weighted by Crippen LogP contribution is -2.65. The SMILES string of the molecule is CC(=O)N1CCC(C(N)O)(N2CCCCC2)CC1. The van der Waals surface area contributed by atoms with E-state index in [1.165, 1.54) is 19.3 Å². The first kappa shape index (κ1) is 13.8. The molecule has 0 aromatic carbocycles. The second-order valence-corrected chi connectivity index (χ2v) is 5.60. The van der Waals surface area contributed by atoms with Gasteiger partial charge in [-0.2, -0.15) is 0 Å². The Bertz CT molecular complexity index is 293. The third-order valence-corrected chi connectivity index (χ3v) is 4.61. The van der Waals surface area contributed by atoms with Crippen LogP contribution in [0.5, 0.6) is 0 Å². The molecule has 2 aliphatic rings. The first-order valence-electron chi connectivity index (χ1n) is 7.00. The molecule has 0 aromatic heterocycles. The van der Waals surface area contributed by atoms with Crippen LogP contribution in [0.1, 0.15) is 39.0 Å². The Morgan fingerprint density at radius 1 is 1.17 bits per heavy atom. The van der Waals surface area contributed by atoms with E-state index in [0.29, 0.717) is 13.1 Å². The molecule has 0 saturated carbocycles. The molecule has 2 heterocycles. The van der Waals surface area contributed by atoms with E-state index in [0.717, 1.165) is 25.9 Å². The first-order valence-corrected chi connectivity index (χ1v) is 7.00. The Morgan fingerprint density at radius 3 is 2.17 bits per heavy atom. The lowest BCUT2D eigenvalue weighted by molar-refractivity contribution is -0.135. The second-order valence-electron chi connectivity index (χ2n) is 5.60. The van der Waals surface area contributed by atoms with E-state index >= 15 is 0 Å². The molecule has 2 rings (SSSR count). The quantitative estimate of drug-likeness (QED) is 0.688. The zero-order valence-electron chi connectivity index (χ0n) is 11.3. The van der Waals surface area contributed by atoms with Gasteiger partial charge < -0.3 is 15.7 Å². The molecule has 2 aliphatic heterocycles. The number of aliphatic hydroxyl groups excluding tert-OH is 1. The van der Waals surface area contributed by atoms with E-state index in [1.807, 2.05) is 4.90 Å². The van der Waals surface area contributed by atoms with Gasteiger partial charge in [-0.15, -0.1) is 0 Å². The molecule has 104 valence electrons. The summed E-state index contributed by atoms with van der Waals surface area (Å²) in [7, 11) is 0. The Labute approximate surface area is 109 Å². The maximum absolute atomic E-state index is 11.4. The number of nitrogens with zero attached hydrogens (tertiary/aromatic N) is 2. The smallest absolute Gasteiger partial charge is 0.219 e. The van der Waals surface area contributed by atoms with Crippen molar-refractivity contribution in [1.82, 2.24) is 9.80 Å². The fraction of sp³-hybridized carbons (Fsp3) is 0.923. The molecule has 3 N–H and O–H groups in total. The van der Waals surface area contributed by atoms with Crippen LogP contribution >= 0.6 is 0 Å². The van der Waals surface area contributed by atoms with E-state index in [9.17, 15) is 9.90 Å². The fourth-order valence-corrected chi connectivity index (χ4v) is 3.35. The van der Waals surface area contributed by atoms with Gasteiger partial charge in [-0.3, -0.25) is 9.69 Å². The topological polar surface area (TPSA) is 69.8 Å². The summed E-state index contributed by atoms with van der Waals surface area (Å²) >= 11 is 0. The number of nitrogens with two attached hydrogens (primary N) is 1. The number of carbonyl (C=O) groups excluding carboxylic acids is 1. The van der Waals surface area contributed by atoms with Crippen molar-refractivity contribution in [3.05, 3.63) is 0 Å². The Hall–Kier alpha value is -0.650. The molecular formula is C13H25N3O2. The number of amides is 1. The van der Waals surface area contributed by atoms with Crippen LogP contribution in [-0.4, -0.2) is 58.8 Å². The highest BCUT2D eigenvalue weighted by atomic mass is 16.3. The van der Waals surface area contributed by atoms with Gasteiger partial charge >= 0.3 is 0 Å². The molecule has 0 radical (unpaired) electrons. The third-order valence-electron chi connectivity index (χ3n) is 4.61. The van der Waals surface area contributed by atoms with Crippen LogP contribution in [0.15, 0.2) is 0 Å². The summed E-state index contributed by atoms with van der Waals surface area (Å²) < 4.78 is 0. The van der Waals surface area contributed by atoms with E-state index in [-0.39, 0.29) is 11.4 Å². The van der Waals surface area contributed by atoms with Crippen molar-refractivity contribution < 1.29 is 9.90 Å². The van der Waals surface area contributed by atoms with Crippen molar-refractivity contribution >= 4 is 5.91 Å². The molecule has 0 aromatic rings. The van der Waals surface area contributed by atoms with Crippen molar-refractivity contribution in [2.75, 3.05) is 26.2 Å². The van der Waals surface area contributed by atoms with Gasteiger partial charge in [0.25, 0.3) is 0 Å². The largest absolute Gasteiger partial charge is 0.377 e. The molecule has 0 bridgehead atoms. The molecule has 18 heavy (non-hydrogen) atoms. The number of rotatable bonds is 2. The van der Waals surface area contributed by atoms with Crippen molar-refractivity contribution in [3.63, 3.8) is 0 Å². The molecule has 1 amide bonds. The Morgan fingerprint density at radius 2 is 1.72 bits per heavy atom. The zero-order valence-corrected chi connectivity index (χ0v) is 11.3. The average Bonchev–Trinajstić information content (AvgIpc) is 2.39. The van der Waals surface area contributed by atoms with E-state index in [1.54, 1.807) is 6.92 Å². The minimum Gasteiger partial charge on any atom is -0.377 e. The number of carbonyl (C=O) groups is 1. The van der Waals surface area contributed by atoms with Crippen LogP contribution in [0.3, 0.4) is 0 Å². The Balaban J connectivity index is 2.07. The van der Waals surface area contributed by atoms with Gasteiger partial charge in [0.2, 0.25) is 5.91 Å². The third kappa shape index (κ3) is 2.53. The fourth-order valence-electron chi connectivity index (χ4n) is 3.35. The van der Waals surface area contributed by atoms with Crippen molar-refractivity contribution in [1.29, 1.82) is 0 Å². The average molecular weight is 255 g/mol. The van der Waals surface area contributed by atoms with Crippen molar-refractivity contribution in [2.45, 2.75) is 50.8 Å². The minimum absolute atomic E-state index is 0.119. The maximum Gasteiger partial charge on any atom is 0.219 e. The van der Waals surface area contributed by atoms with Gasteiger partial charge in [-0.1, -0.05) is 6.42 Å². The van der Waals surface area contributed by atoms with E-state index in [4.69, 9.17) is 5.73 Å². The summed E-state index contributed by atoms with van der Waals surface area (Å²) in [6.45, 7) is 5.07. The van der Waals surface area contributed by atoms with Crippen LogP contribution < -0.4 is 5.73 Å². The normalized spacial score (nSPS) is 26.9. The predicted octanol–water partition coefficient (Wildman–Crippen LogP) is 0.131. The molecular weight excluding hydrogens is 230 g/mol. The number of aliphatic hydroxyl groups is 1. The van der Waals surface area contributed by atoms with E-state index in [2.05, 4.69) is 4.90 Å². The summed E-state index contributed by atoms with van der Waals surface area (Å²) in [5.74, 6) is 0.119. The molecule has 5 nitrogen and oxygen atoms in total. The Kier molecular flexibility index (Phi) is 4.25. The van der Waals surface area contributed by atoms with Gasteiger partial charge in [-0.05, 0) is 38.8 Å². The van der Waals surface area contributed by atoms with Crippen LogP contribution in [0.2, 0.25) is 0 Å². The number of hydrogen-bond donors (Lipinski definition) is 2. The van der Waals surface area contributed by atoms with Gasteiger partial charge in [0.1, 0.15) is 6.23 Å². The summed E-state index contributed by atoms with van der Waals surface area (Å²) in [5.41, 5.74) is 5.55. The molecule has 0 spiro atoms. The predicted molar refractivity (Wildman–Crippen MR) is 69.8 cm³/mol. The number of hydrogen-bond acceptors (Lipinski definition) is 4. The summed E-state index contributed by atoms with van der Waals surface area (Å²) in [4.78, 5) is 15.6. The van der Waals surface area contributed by atoms with Crippen LogP contribution in [0, 0.1) is 0 Å². The monoisotopic (exact) mass is 255 g/mol. The lowest BCUT2D eigenvalue weighted by atomic mass is 9.82. The highest BCUT2D eigenvalue weighted by molar-refractivity contribution is 5.73. The first-order chi connectivity index (χ1) is 8.56. The molecule has 1 unspecified atom stereocenters. The molecule has 2 fully saturated rings. The van der Waals surface area contributed by atoms with Crippen molar-refractivity contribution in [3.8, 4) is 0 Å². The van der Waals surface area contributed by atoms with Gasteiger partial charge in [0.15, 0.2) is 0 Å². The standard InChI is InChI=1S/C13H25N3O2/c1-11(17)15-9-5-13(6-10-15,12(14)18)16-7-3-2-4-8-16/h12,18H,2-10,14H2,1H3. The van der Waals surface area contributed by atoms with Crippen molar-refractivity contribution in [2.24, 2.45) is 5.73 Å². The maximum atomic E-state index is 11.4. The minimum atomic E-state index is -0.815. The summed E-state index contributed by atoms with van der Waals surface area (Å²) in [6, 6.07) is 0. The highest BCUT2D eigenvalue weighted by Gasteiger charge is 2.44. The lowest BCUT2D eigenvalue weighted by Gasteiger charge is -2.51. The molecule has 5 heteroatoms. The zero-order chi connectivity index (χ0) is 13.2. The van der Waals surface area contributed by atoms with Crippen LogP contribution in [0.4, 0.5) is 0 Å².